The van der Waals surface area contributed by atoms with Gasteiger partial charge in [0.25, 0.3) is 0 Å². The molecule has 0 amide bonds. The minimum atomic E-state index is -3.14. The molecule has 3 aromatic rings. The van der Waals surface area contributed by atoms with Crippen LogP contribution >= 0.6 is 0 Å². The Morgan fingerprint density at radius 3 is 2.46 bits per heavy atom. The maximum absolute atomic E-state index is 11.5. The molecule has 3 rings (SSSR count). The van der Waals surface area contributed by atoms with Crippen LogP contribution in [0.25, 0.3) is 10.8 Å². The molecule has 0 aliphatic heterocycles. The highest BCUT2D eigenvalue weighted by atomic mass is 32.2. The molecule has 0 spiro atoms. The largest absolute Gasteiger partial charge is 0.298 e. The summed E-state index contributed by atoms with van der Waals surface area (Å²) in [6.07, 6.45) is 4.92. The van der Waals surface area contributed by atoms with Crippen LogP contribution < -0.4 is 0 Å². The fourth-order valence-electron chi connectivity index (χ4n) is 2.83. The molecule has 0 N–H and O–H groups in total. The Labute approximate surface area is 142 Å². The van der Waals surface area contributed by atoms with Gasteiger partial charge in [0, 0.05) is 37.1 Å². The average Bonchev–Trinajstić information content (AvgIpc) is 2.55. The summed E-state index contributed by atoms with van der Waals surface area (Å²) in [4.78, 5) is 6.74. The van der Waals surface area contributed by atoms with E-state index < -0.39 is 9.84 Å². The third-order valence-electron chi connectivity index (χ3n) is 4.02. The van der Waals surface area contributed by atoms with Crippen LogP contribution in [0.15, 0.2) is 65.8 Å². The van der Waals surface area contributed by atoms with Crippen LogP contribution in [0.2, 0.25) is 0 Å². The lowest BCUT2D eigenvalue weighted by Crippen LogP contribution is -2.17. The summed E-state index contributed by atoms with van der Waals surface area (Å²) in [6, 6.07) is 15.4. The topological polar surface area (TPSA) is 50.3 Å². The summed E-state index contributed by atoms with van der Waals surface area (Å²) in [6.45, 7) is 1.57. The molecule has 5 heteroatoms. The summed E-state index contributed by atoms with van der Waals surface area (Å²) in [5, 5.41) is 2.35. The van der Waals surface area contributed by atoms with Crippen molar-refractivity contribution >= 4 is 20.6 Å². The highest BCUT2D eigenvalue weighted by Crippen LogP contribution is 2.19. The number of pyridine rings is 1. The molecule has 1 heterocycles. The third kappa shape index (κ3) is 3.80. The zero-order valence-electron chi connectivity index (χ0n) is 13.8. The first kappa shape index (κ1) is 16.6. The highest BCUT2D eigenvalue weighted by Gasteiger charge is 2.08. The molecule has 0 aliphatic rings. The first-order valence-corrected chi connectivity index (χ1v) is 9.62. The molecule has 0 saturated heterocycles. The van der Waals surface area contributed by atoms with Crippen LogP contribution in [0.4, 0.5) is 0 Å². The van der Waals surface area contributed by atoms with E-state index in [4.69, 9.17) is 0 Å². The zero-order valence-corrected chi connectivity index (χ0v) is 14.6. The Kier molecular flexibility index (Phi) is 4.64. The second kappa shape index (κ2) is 6.71. The third-order valence-corrected chi connectivity index (χ3v) is 5.14. The quantitative estimate of drug-likeness (QED) is 0.715. The minimum Gasteiger partial charge on any atom is -0.298 e. The Hall–Kier alpha value is -2.24. The van der Waals surface area contributed by atoms with Crippen molar-refractivity contribution in [3.8, 4) is 0 Å². The predicted octanol–water partition coefficient (Wildman–Crippen LogP) is 3.27. The molecule has 1 aromatic heterocycles. The number of hydrogen-bond acceptors (Lipinski definition) is 4. The van der Waals surface area contributed by atoms with Crippen molar-refractivity contribution in [3.63, 3.8) is 0 Å². The zero-order chi connectivity index (χ0) is 17.2. The van der Waals surface area contributed by atoms with Crippen molar-refractivity contribution in [1.82, 2.24) is 9.88 Å². The lowest BCUT2D eigenvalue weighted by molar-refractivity contribution is 0.320. The van der Waals surface area contributed by atoms with Gasteiger partial charge in [0.2, 0.25) is 0 Å². The molecule has 0 saturated carbocycles. The standard InChI is InChI=1S/C19H20N2O2S/c1-21(13-15-6-8-18(9-7-15)24(2,22)23)14-17-5-3-4-16-12-20-11-10-19(16)17/h3-12H,13-14H2,1-2H3. The van der Waals surface area contributed by atoms with Gasteiger partial charge in [-0.1, -0.05) is 30.3 Å². The second-order valence-electron chi connectivity index (χ2n) is 6.10. The number of rotatable bonds is 5. The minimum absolute atomic E-state index is 0.357. The van der Waals surface area contributed by atoms with Gasteiger partial charge in [0.15, 0.2) is 9.84 Å². The Morgan fingerprint density at radius 1 is 1.00 bits per heavy atom. The maximum Gasteiger partial charge on any atom is 0.175 e. The summed E-state index contributed by atoms with van der Waals surface area (Å²) in [7, 11) is -1.08. The lowest BCUT2D eigenvalue weighted by Gasteiger charge is -2.18. The number of nitrogens with zero attached hydrogens (tertiary/aromatic N) is 2. The van der Waals surface area contributed by atoms with Gasteiger partial charge in [0.1, 0.15) is 0 Å². The molecule has 0 unspecified atom stereocenters. The van der Waals surface area contributed by atoms with E-state index in [1.54, 1.807) is 12.1 Å². The number of benzene rings is 2. The Balaban J connectivity index is 1.74. The molecule has 0 fully saturated rings. The first-order chi connectivity index (χ1) is 11.4. The van der Waals surface area contributed by atoms with Crippen LogP contribution in [0.1, 0.15) is 11.1 Å². The molecular weight excluding hydrogens is 320 g/mol. The Bertz CT molecular complexity index is 945. The fraction of sp³-hybridized carbons (Fsp3) is 0.211. The second-order valence-corrected chi connectivity index (χ2v) is 8.12. The summed E-state index contributed by atoms with van der Waals surface area (Å²) in [5.74, 6) is 0. The van der Waals surface area contributed by atoms with Gasteiger partial charge < -0.3 is 0 Å². The van der Waals surface area contributed by atoms with E-state index in [-0.39, 0.29) is 0 Å². The van der Waals surface area contributed by atoms with Gasteiger partial charge in [-0.2, -0.15) is 0 Å². The van der Waals surface area contributed by atoms with E-state index in [0.29, 0.717) is 4.90 Å². The van der Waals surface area contributed by atoms with Gasteiger partial charge in [-0.05, 0) is 41.8 Å². The summed E-state index contributed by atoms with van der Waals surface area (Å²) >= 11 is 0. The molecule has 24 heavy (non-hydrogen) atoms. The number of hydrogen-bond donors (Lipinski definition) is 0. The van der Waals surface area contributed by atoms with Crippen LogP contribution in [-0.2, 0) is 22.9 Å². The molecule has 124 valence electrons. The van der Waals surface area contributed by atoms with Crippen LogP contribution in [0.3, 0.4) is 0 Å². The molecule has 0 bridgehead atoms. The van der Waals surface area contributed by atoms with E-state index in [1.165, 1.54) is 17.2 Å². The first-order valence-electron chi connectivity index (χ1n) is 7.72. The van der Waals surface area contributed by atoms with Gasteiger partial charge in [-0.15, -0.1) is 0 Å². The molecule has 0 aliphatic carbocycles. The van der Waals surface area contributed by atoms with Crippen LogP contribution in [-0.4, -0.2) is 31.6 Å². The fourth-order valence-corrected chi connectivity index (χ4v) is 3.46. The van der Waals surface area contributed by atoms with E-state index in [2.05, 4.69) is 29.1 Å². The van der Waals surface area contributed by atoms with Gasteiger partial charge >= 0.3 is 0 Å². The molecule has 2 aromatic carbocycles. The molecular formula is C19H20N2O2S. The molecule has 0 radical (unpaired) electrons. The van der Waals surface area contributed by atoms with Crippen molar-refractivity contribution in [2.24, 2.45) is 0 Å². The van der Waals surface area contributed by atoms with Crippen molar-refractivity contribution in [3.05, 3.63) is 72.1 Å². The van der Waals surface area contributed by atoms with Crippen molar-refractivity contribution in [2.45, 2.75) is 18.0 Å². The van der Waals surface area contributed by atoms with Crippen molar-refractivity contribution in [1.29, 1.82) is 0 Å². The number of aromatic nitrogens is 1. The van der Waals surface area contributed by atoms with Crippen LogP contribution in [0, 0.1) is 0 Å². The van der Waals surface area contributed by atoms with E-state index in [9.17, 15) is 8.42 Å². The number of fused-ring (bicyclic) bond motifs is 1. The van der Waals surface area contributed by atoms with E-state index in [1.807, 2.05) is 36.7 Å². The monoisotopic (exact) mass is 340 g/mol. The normalized spacial score (nSPS) is 12.0. The SMILES string of the molecule is CN(Cc1ccc(S(C)(=O)=O)cc1)Cc1cccc2cnccc12. The highest BCUT2D eigenvalue weighted by molar-refractivity contribution is 7.90. The van der Waals surface area contributed by atoms with Gasteiger partial charge in [0.05, 0.1) is 4.90 Å². The molecule has 4 nitrogen and oxygen atoms in total. The van der Waals surface area contributed by atoms with E-state index >= 15 is 0 Å². The van der Waals surface area contributed by atoms with Crippen molar-refractivity contribution < 1.29 is 8.42 Å². The summed E-state index contributed by atoms with van der Waals surface area (Å²) in [5.41, 5.74) is 2.34. The molecule has 0 atom stereocenters. The predicted molar refractivity (Wildman–Crippen MR) is 96.5 cm³/mol. The summed E-state index contributed by atoms with van der Waals surface area (Å²) < 4.78 is 23.0. The Morgan fingerprint density at radius 2 is 1.75 bits per heavy atom. The number of sulfone groups is 1. The van der Waals surface area contributed by atoms with E-state index in [0.717, 1.165) is 24.0 Å². The smallest absolute Gasteiger partial charge is 0.175 e. The van der Waals surface area contributed by atoms with Gasteiger partial charge in [-0.25, -0.2) is 8.42 Å². The van der Waals surface area contributed by atoms with Crippen LogP contribution in [0.5, 0.6) is 0 Å². The lowest BCUT2D eigenvalue weighted by atomic mass is 10.1. The van der Waals surface area contributed by atoms with Crippen molar-refractivity contribution in [2.75, 3.05) is 13.3 Å². The van der Waals surface area contributed by atoms with Gasteiger partial charge in [-0.3, -0.25) is 9.88 Å². The average molecular weight is 340 g/mol. The maximum atomic E-state index is 11.5.